The van der Waals surface area contributed by atoms with Gasteiger partial charge in [-0.05, 0) is 30.3 Å². The Bertz CT molecular complexity index is 1210. The van der Waals surface area contributed by atoms with E-state index in [1.54, 1.807) is 30.3 Å². The zero-order valence-corrected chi connectivity index (χ0v) is 17.8. The fourth-order valence-corrected chi connectivity index (χ4v) is 3.89. The number of thiazole rings is 1. The number of carbonyl (C=O) groups is 2. The van der Waals surface area contributed by atoms with Gasteiger partial charge in [-0.25, -0.2) is 9.78 Å². The highest BCUT2D eigenvalue weighted by Gasteiger charge is 2.16. The third-order valence-corrected chi connectivity index (χ3v) is 5.64. The van der Waals surface area contributed by atoms with Gasteiger partial charge in [0.05, 0.1) is 10.2 Å². The number of carbonyl (C=O) groups excluding carboxylic acids is 2. The van der Waals surface area contributed by atoms with Gasteiger partial charge in [0, 0.05) is 10.6 Å². The van der Waals surface area contributed by atoms with Crippen molar-refractivity contribution in [1.82, 2.24) is 4.98 Å². The highest BCUT2D eigenvalue weighted by molar-refractivity contribution is 7.22. The van der Waals surface area contributed by atoms with Crippen LogP contribution in [-0.2, 0) is 16.1 Å². The molecule has 0 spiro atoms. The number of anilines is 1. The van der Waals surface area contributed by atoms with Gasteiger partial charge < -0.3 is 9.47 Å². The predicted octanol–water partition coefficient (Wildman–Crippen LogP) is 5.32. The smallest absolute Gasteiger partial charge is 0.342 e. The first-order valence-electron chi connectivity index (χ1n) is 9.38. The number of nitrogens with one attached hydrogen (secondary N) is 1. The fourth-order valence-electron chi connectivity index (χ4n) is 2.82. The zero-order valence-electron chi connectivity index (χ0n) is 16.2. The van der Waals surface area contributed by atoms with E-state index in [-0.39, 0.29) is 12.2 Å². The molecule has 1 heterocycles. The first-order valence-corrected chi connectivity index (χ1v) is 10.6. The maximum absolute atomic E-state index is 12.5. The highest BCUT2D eigenvalue weighted by atomic mass is 35.5. The van der Waals surface area contributed by atoms with Crippen molar-refractivity contribution in [3.8, 4) is 5.75 Å². The number of hydrogen-bond acceptors (Lipinski definition) is 6. The van der Waals surface area contributed by atoms with Crippen LogP contribution in [0.3, 0.4) is 0 Å². The molecule has 0 unspecified atom stereocenters. The molecular formula is C23H17ClN2O4S. The number of para-hydroxylation sites is 2. The summed E-state index contributed by atoms with van der Waals surface area (Å²) < 4.78 is 11.9. The van der Waals surface area contributed by atoms with Crippen LogP contribution in [0.4, 0.5) is 5.13 Å². The van der Waals surface area contributed by atoms with Crippen LogP contribution in [0.2, 0.25) is 5.02 Å². The minimum Gasteiger partial charge on any atom is -0.488 e. The van der Waals surface area contributed by atoms with Crippen LogP contribution in [0, 0.1) is 0 Å². The lowest BCUT2D eigenvalue weighted by atomic mass is 10.2. The van der Waals surface area contributed by atoms with Crippen molar-refractivity contribution in [2.75, 3.05) is 11.9 Å². The molecule has 8 heteroatoms. The van der Waals surface area contributed by atoms with E-state index >= 15 is 0 Å². The second kappa shape index (κ2) is 9.59. The number of amides is 1. The molecule has 0 bridgehead atoms. The number of aromatic nitrogens is 1. The molecular weight excluding hydrogens is 436 g/mol. The van der Waals surface area contributed by atoms with Crippen molar-refractivity contribution in [3.63, 3.8) is 0 Å². The lowest BCUT2D eigenvalue weighted by molar-refractivity contribution is -0.119. The maximum atomic E-state index is 12.5. The minimum atomic E-state index is -0.658. The molecule has 0 saturated carbocycles. The Morgan fingerprint density at radius 3 is 2.55 bits per heavy atom. The van der Waals surface area contributed by atoms with E-state index in [9.17, 15) is 9.59 Å². The molecule has 0 aliphatic heterocycles. The van der Waals surface area contributed by atoms with E-state index in [2.05, 4.69) is 10.3 Å². The van der Waals surface area contributed by atoms with Crippen molar-refractivity contribution >= 4 is 50.2 Å². The molecule has 0 saturated heterocycles. The molecule has 0 aliphatic carbocycles. The van der Waals surface area contributed by atoms with Gasteiger partial charge in [-0.3, -0.25) is 10.1 Å². The van der Waals surface area contributed by atoms with Crippen molar-refractivity contribution < 1.29 is 19.1 Å². The van der Waals surface area contributed by atoms with Crippen molar-refractivity contribution in [1.29, 1.82) is 0 Å². The number of rotatable bonds is 7. The summed E-state index contributed by atoms with van der Waals surface area (Å²) in [4.78, 5) is 29.0. The van der Waals surface area contributed by atoms with Gasteiger partial charge >= 0.3 is 5.97 Å². The molecule has 1 aromatic heterocycles. The van der Waals surface area contributed by atoms with E-state index in [0.717, 1.165) is 15.8 Å². The summed E-state index contributed by atoms with van der Waals surface area (Å²) in [5.74, 6) is -0.782. The number of nitrogens with zero attached hydrogens (tertiary/aromatic N) is 1. The topological polar surface area (TPSA) is 77.5 Å². The Morgan fingerprint density at radius 1 is 0.968 bits per heavy atom. The zero-order chi connectivity index (χ0) is 21.6. The third-order valence-electron chi connectivity index (χ3n) is 4.32. The maximum Gasteiger partial charge on any atom is 0.342 e. The molecule has 3 aromatic carbocycles. The molecule has 4 rings (SSSR count). The van der Waals surface area contributed by atoms with Crippen LogP contribution in [0.5, 0.6) is 5.75 Å². The first kappa shape index (κ1) is 20.8. The summed E-state index contributed by atoms with van der Waals surface area (Å²) in [7, 11) is 0. The summed E-state index contributed by atoms with van der Waals surface area (Å²) in [6.45, 7) is -0.240. The Morgan fingerprint density at radius 2 is 1.71 bits per heavy atom. The molecule has 0 fully saturated rings. The lowest BCUT2D eigenvalue weighted by Crippen LogP contribution is -2.21. The Hall–Kier alpha value is -3.42. The summed E-state index contributed by atoms with van der Waals surface area (Å²) >= 11 is 7.50. The SMILES string of the molecule is O=C(COC(=O)c1ccccc1OCc1ccccc1Cl)Nc1nc2ccccc2s1. The van der Waals surface area contributed by atoms with Crippen molar-refractivity contribution in [2.24, 2.45) is 0 Å². The second-order valence-electron chi connectivity index (χ2n) is 6.49. The average Bonchev–Trinajstić information content (AvgIpc) is 3.19. The normalized spacial score (nSPS) is 10.6. The van der Waals surface area contributed by atoms with Crippen LogP contribution in [0.15, 0.2) is 72.8 Å². The van der Waals surface area contributed by atoms with Crippen LogP contribution in [-0.4, -0.2) is 23.5 Å². The summed E-state index contributed by atoms with van der Waals surface area (Å²) in [5, 5.41) is 3.68. The van der Waals surface area contributed by atoms with Gasteiger partial charge in [0.15, 0.2) is 11.7 Å². The van der Waals surface area contributed by atoms with Gasteiger partial charge in [-0.15, -0.1) is 0 Å². The van der Waals surface area contributed by atoms with Crippen LogP contribution in [0.1, 0.15) is 15.9 Å². The molecule has 4 aromatic rings. The van der Waals surface area contributed by atoms with Crippen LogP contribution >= 0.6 is 22.9 Å². The fraction of sp³-hybridized carbons (Fsp3) is 0.0870. The van der Waals surface area contributed by atoms with Gasteiger partial charge in [0.1, 0.15) is 17.9 Å². The van der Waals surface area contributed by atoms with Crippen molar-refractivity contribution in [3.05, 3.63) is 88.9 Å². The molecule has 31 heavy (non-hydrogen) atoms. The second-order valence-corrected chi connectivity index (χ2v) is 7.93. The predicted molar refractivity (Wildman–Crippen MR) is 121 cm³/mol. The van der Waals surface area contributed by atoms with Gasteiger partial charge in [0.25, 0.3) is 5.91 Å². The Kier molecular flexibility index (Phi) is 6.45. The van der Waals surface area contributed by atoms with Crippen LogP contribution in [0.25, 0.3) is 10.2 Å². The third kappa shape index (κ3) is 5.20. The standard InChI is InChI=1S/C23H17ClN2O4S/c24-17-9-3-1-7-15(17)13-29-19-11-5-2-8-16(19)22(28)30-14-21(27)26-23-25-18-10-4-6-12-20(18)31-23/h1-12H,13-14H2,(H,25,26,27). The monoisotopic (exact) mass is 452 g/mol. The largest absolute Gasteiger partial charge is 0.488 e. The highest BCUT2D eigenvalue weighted by Crippen LogP contribution is 2.25. The number of halogens is 1. The van der Waals surface area contributed by atoms with E-state index in [1.165, 1.54) is 11.3 Å². The van der Waals surface area contributed by atoms with E-state index in [0.29, 0.717) is 15.9 Å². The number of benzene rings is 3. The summed E-state index contributed by atoms with van der Waals surface area (Å²) in [6, 6.07) is 21.5. The number of esters is 1. The van der Waals surface area contributed by atoms with Crippen LogP contribution < -0.4 is 10.1 Å². The lowest BCUT2D eigenvalue weighted by Gasteiger charge is -2.12. The molecule has 0 radical (unpaired) electrons. The molecule has 6 nitrogen and oxygen atoms in total. The Labute approximate surface area is 187 Å². The quantitative estimate of drug-likeness (QED) is 0.384. The van der Waals surface area contributed by atoms with E-state index in [1.807, 2.05) is 42.5 Å². The molecule has 1 amide bonds. The Balaban J connectivity index is 1.36. The van der Waals surface area contributed by atoms with E-state index < -0.39 is 18.5 Å². The van der Waals surface area contributed by atoms with E-state index in [4.69, 9.17) is 21.1 Å². The number of fused-ring (bicyclic) bond motifs is 1. The number of hydrogen-bond donors (Lipinski definition) is 1. The minimum absolute atomic E-state index is 0.196. The molecule has 1 N–H and O–H groups in total. The summed E-state index contributed by atoms with van der Waals surface area (Å²) in [6.07, 6.45) is 0. The molecule has 156 valence electrons. The molecule has 0 atom stereocenters. The van der Waals surface area contributed by atoms with Gasteiger partial charge in [-0.1, -0.05) is 65.4 Å². The molecule has 0 aliphatic rings. The summed E-state index contributed by atoms with van der Waals surface area (Å²) in [5.41, 5.74) is 1.81. The van der Waals surface area contributed by atoms with Gasteiger partial charge in [-0.2, -0.15) is 0 Å². The van der Waals surface area contributed by atoms with Crippen molar-refractivity contribution in [2.45, 2.75) is 6.61 Å². The van der Waals surface area contributed by atoms with Gasteiger partial charge in [0.2, 0.25) is 0 Å². The average molecular weight is 453 g/mol. The first-order chi connectivity index (χ1) is 15.1. The number of ether oxygens (including phenoxy) is 2.